The Morgan fingerprint density at radius 2 is 2.00 bits per heavy atom. The van der Waals surface area contributed by atoms with Crippen LogP contribution in [-0.4, -0.2) is 45.4 Å². The van der Waals surface area contributed by atoms with E-state index in [2.05, 4.69) is 0 Å². The molecule has 2 saturated heterocycles. The van der Waals surface area contributed by atoms with E-state index in [1.165, 1.54) is 0 Å². The van der Waals surface area contributed by atoms with Crippen LogP contribution in [0.4, 0.5) is 0 Å². The smallest absolute Gasteiger partial charge is 0.186 e. The fraction of sp³-hybridized carbons (Fsp3) is 1.00. The van der Waals surface area contributed by atoms with Crippen molar-refractivity contribution in [2.75, 3.05) is 20.8 Å². The topological polar surface area (TPSA) is 40.2 Å². The molecule has 0 aromatic carbocycles. The first-order valence-corrected chi connectivity index (χ1v) is 3.69. The van der Waals surface area contributed by atoms with Gasteiger partial charge in [-0.15, -0.1) is 0 Å². The van der Waals surface area contributed by atoms with Crippen molar-refractivity contribution in [2.45, 2.75) is 24.6 Å². The van der Waals surface area contributed by atoms with E-state index in [9.17, 15) is 0 Å². The van der Waals surface area contributed by atoms with Crippen LogP contribution in [0.2, 0.25) is 0 Å². The summed E-state index contributed by atoms with van der Waals surface area (Å²) in [7, 11) is 3.29. The Labute approximate surface area is 65.4 Å². The zero-order valence-electron chi connectivity index (χ0n) is 6.65. The maximum atomic E-state index is 5.31. The minimum absolute atomic E-state index is 0.0893. The second-order valence-electron chi connectivity index (χ2n) is 2.78. The van der Waals surface area contributed by atoms with E-state index in [0.29, 0.717) is 6.61 Å². The lowest BCUT2D eigenvalue weighted by Gasteiger charge is -2.22. The lowest BCUT2D eigenvalue weighted by Crippen LogP contribution is -2.39. The summed E-state index contributed by atoms with van der Waals surface area (Å²) in [5, 5.41) is 0. The summed E-state index contributed by atoms with van der Waals surface area (Å²) in [6, 6.07) is 0. The number of hydrogen-bond acceptors (Lipinski definition) is 4. The average Bonchev–Trinajstić information content (AvgIpc) is 2.81. The van der Waals surface area contributed by atoms with Crippen molar-refractivity contribution in [3.8, 4) is 0 Å². The van der Waals surface area contributed by atoms with Gasteiger partial charge < -0.3 is 18.9 Å². The van der Waals surface area contributed by atoms with Crippen molar-refractivity contribution in [3.05, 3.63) is 0 Å². The van der Waals surface area contributed by atoms with E-state index >= 15 is 0 Å². The number of hydrogen-bond donors (Lipinski definition) is 0. The molecule has 0 unspecified atom stereocenters. The summed E-state index contributed by atoms with van der Waals surface area (Å²) in [6.07, 6.45) is 0.190. The van der Waals surface area contributed by atoms with Gasteiger partial charge in [-0.05, 0) is 0 Å². The number of methoxy groups -OCH3 is 2. The monoisotopic (exact) mass is 160 g/mol. The van der Waals surface area contributed by atoms with E-state index in [0.717, 1.165) is 0 Å². The zero-order chi connectivity index (χ0) is 7.84. The van der Waals surface area contributed by atoms with E-state index in [1.807, 2.05) is 0 Å². The van der Waals surface area contributed by atoms with Gasteiger partial charge in [0, 0.05) is 14.2 Å². The standard InChI is InChI=1S/C7H12O4/c1-8-4-3-10-7(9-2)6-5(4)11-6/h4-7H,3H2,1-2H3/t4-,5-,6-,7-/m1/s1. The third-order valence-corrected chi connectivity index (χ3v) is 2.16. The van der Waals surface area contributed by atoms with Gasteiger partial charge in [0.2, 0.25) is 0 Å². The van der Waals surface area contributed by atoms with Gasteiger partial charge in [-0.1, -0.05) is 0 Å². The van der Waals surface area contributed by atoms with Gasteiger partial charge >= 0.3 is 0 Å². The molecule has 2 aliphatic heterocycles. The summed E-state index contributed by atoms with van der Waals surface area (Å²) in [4.78, 5) is 0. The highest BCUT2D eigenvalue weighted by atomic mass is 16.7. The van der Waals surface area contributed by atoms with Crippen LogP contribution in [0, 0.1) is 0 Å². The highest BCUT2D eigenvalue weighted by Gasteiger charge is 2.54. The van der Waals surface area contributed by atoms with Crippen LogP contribution in [-0.2, 0) is 18.9 Å². The van der Waals surface area contributed by atoms with Crippen LogP contribution < -0.4 is 0 Å². The van der Waals surface area contributed by atoms with Crippen LogP contribution >= 0.6 is 0 Å². The molecule has 2 fully saturated rings. The van der Waals surface area contributed by atoms with Crippen LogP contribution in [0.3, 0.4) is 0 Å². The fourth-order valence-electron chi connectivity index (χ4n) is 1.44. The van der Waals surface area contributed by atoms with Crippen LogP contribution in [0.1, 0.15) is 0 Å². The Hall–Kier alpha value is -0.160. The van der Waals surface area contributed by atoms with Gasteiger partial charge in [-0.2, -0.15) is 0 Å². The molecule has 2 heterocycles. The van der Waals surface area contributed by atoms with Gasteiger partial charge in [0.25, 0.3) is 0 Å². The van der Waals surface area contributed by atoms with E-state index in [4.69, 9.17) is 18.9 Å². The molecule has 4 atom stereocenters. The summed E-state index contributed by atoms with van der Waals surface area (Å²) in [6.45, 7) is 0.566. The normalized spacial score (nSPS) is 48.5. The third kappa shape index (κ3) is 1.16. The average molecular weight is 160 g/mol. The molecule has 0 bridgehead atoms. The molecule has 11 heavy (non-hydrogen) atoms. The van der Waals surface area contributed by atoms with Gasteiger partial charge in [0.15, 0.2) is 6.29 Å². The third-order valence-electron chi connectivity index (χ3n) is 2.16. The lowest BCUT2D eigenvalue weighted by atomic mass is 10.1. The summed E-state index contributed by atoms with van der Waals surface area (Å²) < 4.78 is 20.8. The first-order valence-electron chi connectivity index (χ1n) is 3.69. The quantitative estimate of drug-likeness (QED) is 0.523. The molecule has 0 aliphatic carbocycles. The molecule has 0 saturated carbocycles. The number of rotatable bonds is 2. The lowest BCUT2D eigenvalue weighted by molar-refractivity contribution is -0.165. The summed E-state index contributed by atoms with van der Waals surface area (Å²) in [5.41, 5.74) is 0. The van der Waals surface area contributed by atoms with Crippen molar-refractivity contribution in [1.82, 2.24) is 0 Å². The number of ether oxygens (including phenoxy) is 4. The molecule has 0 amide bonds. The van der Waals surface area contributed by atoms with Crippen LogP contribution in [0.15, 0.2) is 0 Å². The first-order chi connectivity index (χ1) is 5.36. The predicted octanol–water partition coefficient (Wildman–Crippen LogP) is -0.229. The van der Waals surface area contributed by atoms with Gasteiger partial charge in [0.05, 0.1) is 6.61 Å². The van der Waals surface area contributed by atoms with Gasteiger partial charge in [-0.3, -0.25) is 0 Å². The molecule has 64 valence electrons. The Morgan fingerprint density at radius 3 is 2.64 bits per heavy atom. The van der Waals surface area contributed by atoms with Gasteiger partial charge in [-0.25, -0.2) is 0 Å². The largest absolute Gasteiger partial charge is 0.376 e. The molecule has 0 N–H and O–H groups in total. The molecule has 0 aromatic rings. The molecule has 4 heteroatoms. The van der Waals surface area contributed by atoms with Gasteiger partial charge in [0.1, 0.15) is 18.3 Å². The zero-order valence-corrected chi connectivity index (χ0v) is 6.65. The molecule has 2 aliphatic rings. The van der Waals surface area contributed by atoms with E-state index in [1.54, 1.807) is 14.2 Å². The molecule has 4 nitrogen and oxygen atoms in total. The summed E-state index contributed by atoms with van der Waals surface area (Å²) >= 11 is 0. The van der Waals surface area contributed by atoms with Crippen molar-refractivity contribution in [2.24, 2.45) is 0 Å². The van der Waals surface area contributed by atoms with Crippen molar-refractivity contribution >= 4 is 0 Å². The molecule has 0 aromatic heterocycles. The molecular weight excluding hydrogens is 148 g/mol. The Kier molecular flexibility index (Phi) is 1.85. The van der Waals surface area contributed by atoms with E-state index in [-0.39, 0.29) is 24.6 Å². The fourth-order valence-corrected chi connectivity index (χ4v) is 1.44. The number of fused-ring (bicyclic) bond motifs is 1. The molecule has 0 spiro atoms. The Bertz CT molecular complexity index is 133. The van der Waals surface area contributed by atoms with Crippen molar-refractivity contribution in [1.29, 1.82) is 0 Å². The van der Waals surface area contributed by atoms with Crippen molar-refractivity contribution in [3.63, 3.8) is 0 Å². The number of epoxide rings is 1. The predicted molar refractivity (Wildman–Crippen MR) is 36.2 cm³/mol. The van der Waals surface area contributed by atoms with Crippen LogP contribution in [0.25, 0.3) is 0 Å². The highest BCUT2D eigenvalue weighted by Crippen LogP contribution is 2.35. The highest BCUT2D eigenvalue weighted by molar-refractivity contribution is 4.97. The first kappa shape index (κ1) is 7.49. The minimum Gasteiger partial charge on any atom is -0.376 e. The summed E-state index contributed by atoms with van der Waals surface area (Å²) in [5.74, 6) is 0. The second kappa shape index (κ2) is 2.71. The molecule has 2 rings (SSSR count). The Morgan fingerprint density at radius 1 is 1.18 bits per heavy atom. The molecule has 0 radical (unpaired) electrons. The minimum atomic E-state index is -0.189. The van der Waals surface area contributed by atoms with Crippen LogP contribution in [0.5, 0.6) is 0 Å². The second-order valence-corrected chi connectivity index (χ2v) is 2.78. The maximum absolute atomic E-state index is 5.31. The van der Waals surface area contributed by atoms with E-state index < -0.39 is 0 Å². The Balaban J connectivity index is 1.92. The maximum Gasteiger partial charge on any atom is 0.186 e. The SMILES string of the molecule is CO[C@@H]1OC[C@@H](OC)[C@H]2O[C@@H]12. The van der Waals surface area contributed by atoms with Crippen molar-refractivity contribution < 1.29 is 18.9 Å². The molecular formula is C7H12O4.